The number of benzene rings is 1. The van der Waals surface area contributed by atoms with Crippen molar-refractivity contribution < 1.29 is 0 Å². The van der Waals surface area contributed by atoms with E-state index in [0.717, 1.165) is 6.42 Å². The van der Waals surface area contributed by atoms with Crippen molar-refractivity contribution in [2.45, 2.75) is 12.3 Å². The first-order valence-corrected chi connectivity index (χ1v) is 6.14. The average Bonchev–Trinajstić information content (AvgIpc) is 2.88. The molecule has 0 aliphatic rings. The number of aromatic nitrogens is 2. The van der Waals surface area contributed by atoms with E-state index in [1.807, 2.05) is 18.5 Å². The van der Waals surface area contributed by atoms with Gasteiger partial charge in [-0.05, 0) is 41.1 Å². The number of hydrogen-bond donors (Lipinski definition) is 1. The summed E-state index contributed by atoms with van der Waals surface area (Å²) in [5.41, 5.74) is 3.68. The van der Waals surface area contributed by atoms with Crippen LogP contribution in [0, 0.1) is 6.92 Å². The molecule has 1 aromatic carbocycles. The highest BCUT2D eigenvalue weighted by molar-refractivity contribution is 5.80. The summed E-state index contributed by atoms with van der Waals surface area (Å²) in [6.45, 7) is 4.07. The minimum atomic E-state index is 0.311. The topological polar surface area (TPSA) is 28.7 Å². The van der Waals surface area contributed by atoms with Crippen LogP contribution in [0.3, 0.4) is 0 Å². The molecule has 0 aliphatic heterocycles. The summed E-state index contributed by atoms with van der Waals surface area (Å²) in [6.07, 6.45) is 6.53. The molecule has 0 fully saturated rings. The minimum Gasteiger partial charge on any atom is -0.361 e. The molecule has 2 heteroatoms. The van der Waals surface area contributed by atoms with Crippen LogP contribution < -0.4 is 0 Å². The van der Waals surface area contributed by atoms with Gasteiger partial charge in [0, 0.05) is 30.0 Å². The van der Waals surface area contributed by atoms with Crippen molar-refractivity contribution in [2.24, 2.45) is 0 Å². The molecular weight excluding hydrogens is 220 g/mol. The second-order valence-electron chi connectivity index (χ2n) is 4.45. The van der Waals surface area contributed by atoms with Crippen LogP contribution in [0.25, 0.3) is 10.9 Å². The molecule has 3 aromatic rings. The summed E-state index contributed by atoms with van der Waals surface area (Å²) in [7, 11) is 0. The zero-order valence-corrected chi connectivity index (χ0v) is 10.1. The molecular formula is C16H15N2. The number of rotatable bonds is 3. The van der Waals surface area contributed by atoms with Gasteiger partial charge < -0.3 is 4.98 Å². The fraction of sp³-hybridized carbons (Fsp3) is 0.125. The molecule has 18 heavy (non-hydrogen) atoms. The first-order chi connectivity index (χ1) is 8.88. The van der Waals surface area contributed by atoms with Gasteiger partial charge in [-0.15, -0.1) is 0 Å². The van der Waals surface area contributed by atoms with Crippen molar-refractivity contribution in [1.29, 1.82) is 0 Å². The summed E-state index contributed by atoms with van der Waals surface area (Å²) in [5.74, 6) is 0.311. The molecule has 0 saturated heterocycles. The lowest BCUT2D eigenvalue weighted by atomic mass is 9.90. The molecule has 1 atom stereocenters. The average molecular weight is 235 g/mol. The monoisotopic (exact) mass is 235 g/mol. The Morgan fingerprint density at radius 1 is 1.17 bits per heavy atom. The Morgan fingerprint density at radius 3 is 2.89 bits per heavy atom. The van der Waals surface area contributed by atoms with Crippen molar-refractivity contribution in [3.05, 3.63) is 73.0 Å². The van der Waals surface area contributed by atoms with Crippen LogP contribution in [-0.4, -0.2) is 9.97 Å². The third kappa shape index (κ3) is 1.90. The lowest BCUT2D eigenvalue weighted by Gasteiger charge is -2.15. The summed E-state index contributed by atoms with van der Waals surface area (Å²) < 4.78 is 0. The van der Waals surface area contributed by atoms with Gasteiger partial charge in [-0.3, -0.25) is 4.98 Å². The number of pyridine rings is 1. The molecule has 3 rings (SSSR count). The molecule has 0 bridgehead atoms. The van der Waals surface area contributed by atoms with Crippen molar-refractivity contribution in [3.63, 3.8) is 0 Å². The maximum atomic E-state index is 4.20. The number of nitrogens with one attached hydrogen (secondary N) is 1. The molecule has 2 aromatic heterocycles. The lowest BCUT2D eigenvalue weighted by molar-refractivity contribution is 0.822. The van der Waals surface area contributed by atoms with Crippen LogP contribution in [0.5, 0.6) is 0 Å². The second kappa shape index (κ2) is 4.65. The van der Waals surface area contributed by atoms with E-state index in [4.69, 9.17) is 0 Å². The Labute approximate surface area is 107 Å². The maximum absolute atomic E-state index is 4.20. The quantitative estimate of drug-likeness (QED) is 0.732. The van der Waals surface area contributed by atoms with Gasteiger partial charge in [0.05, 0.1) is 0 Å². The Bertz CT molecular complexity index is 640. The first kappa shape index (κ1) is 11.0. The van der Waals surface area contributed by atoms with Crippen molar-refractivity contribution in [2.75, 3.05) is 0 Å². The van der Waals surface area contributed by atoms with Gasteiger partial charge in [0.15, 0.2) is 0 Å². The largest absolute Gasteiger partial charge is 0.361 e. The smallest absolute Gasteiger partial charge is 0.0456 e. The molecule has 89 valence electrons. The number of hydrogen-bond acceptors (Lipinski definition) is 1. The molecule has 0 amide bonds. The van der Waals surface area contributed by atoms with Gasteiger partial charge >= 0.3 is 0 Å². The zero-order chi connectivity index (χ0) is 12.4. The first-order valence-electron chi connectivity index (χ1n) is 6.14. The third-order valence-electron chi connectivity index (χ3n) is 3.36. The number of fused-ring (bicyclic) bond motifs is 1. The van der Waals surface area contributed by atoms with E-state index in [-0.39, 0.29) is 0 Å². The van der Waals surface area contributed by atoms with E-state index >= 15 is 0 Å². The van der Waals surface area contributed by atoms with Gasteiger partial charge in [-0.2, -0.15) is 0 Å². The Kier molecular flexibility index (Phi) is 2.85. The SMILES string of the molecule is [CH2]CC(c1cccnc1)c1ccc2cc[nH]c2c1. The van der Waals surface area contributed by atoms with Crippen LogP contribution >= 0.6 is 0 Å². The predicted molar refractivity (Wildman–Crippen MR) is 74.4 cm³/mol. The van der Waals surface area contributed by atoms with Crippen LogP contribution in [0.1, 0.15) is 23.5 Å². The van der Waals surface area contributed by atoms with E-state index in [0.29, 0.717) is 5.92 Å². The molecule has 0 saturated carbocycles. The molecule has 2 nitrogen and oxygen atoms in total. The van der Waals surface area contributed by atoms with E-state index < -0.39 is 0 Å². The summed E-state index contributed by atoms with van der Waals surface area (Å²) >= 11 is 0. The minimum absolute atomic E-state index is 0.311. The van der Waals surface area contributed by atoms with Crippen LogP contribution in [0.4, 0.5) is 0 Å². The summed E-state index contributed by atoms with van der Waals surface area (Å²) in [5, 5.41) is 1.24. The molecule has 2 heterocycles. The Morgan fingerprint density at radius 2 is 2.11 bits per heavy atom. The highest BCUT2D eigenvalue weighted by Gasteiger charge is 2.12. The van der Waals surface area contributed by atoms with Crippen molar-refractivity contribution in [1.82, 2.24) is 9.97 Å². The normalized spacial score (nSPS) is 12.7. The van der Waals surface area contributed by atoms with Crippen molar-refractivity contribution in [3.8, 4) is 0 Å². The number of aromatic amines is 1. The van der Waals surface area contributed by atoms with E-state index in [1.54, 1.807) is 6.20 Å². The highest BCUT2D eigenvalue weighted by Crippen LogP contribution is 2.29. The molecule has 1 unspecified atom stereocenters. The maximum Gasteiger partial charge on any atom is 0.0456 e. The fourth-order valence-electron chi connectivity index (χ4n) is 2.39. The van der Waals surface area contributed by atoms with Crippen LogP contribution in [0.15, 0.2) is 55.0 Å². The van der Waals surface area contributed by atoms with Gasteiger partial charge in [0.25, 0.3) is 0 Å². The number of nitrogens with zero attached hydrogens (tertiary/aromatic N) is 1. The predicted octanol–water partition coefficient (Wildman–Crippen LogP) is 3.92. The molecule has 1 N–H and O–H groups in total. The van der Waals surface area contributed by atoms with Gasteiger partial charge in [-0.25, -0.2) is 0 Å². The van der Waals surface area contributed by atoms with Crippen LogP contribution in [-0.2, 0) is 0 Å². The van der Waals surface area contributed by atoms with Gasteiger partial charge in [-0.1, -0.05) is 25.1 Å². The van der Waals surface area contributed by atoms with E-state index in [2.05, 4.69) is 47.2 Å². The van der Waals surface area contributed by atoms with Gasteiger partial charge in [0.2, 0.25) is 0 Å². The highest BCUT2D eigenvalue weighted by atomic mass is 14.7. The lowest BCUT2D eigenvalue weighted by Crippen LogP contribution is -2.00. The second-order valence-corrected chi connectivity index (χ2v) is 4.45. The molecule has 1 radical (unpaired) electrons. The Balaban J connectivity index is 2.05. The van der Waals surface area contributed by atoms with Crippen LogP contribution in [0.2, 0.25) is 0 Å². The fourth-order valence-corrected chi connectivity index (χ4v) is 2.39. The van der Waals surface area contributed by atoms with Crippen molar-refractivity contribution >= 4 is 10.9 Å². The van der Waals surface area contributed by atoms with Gasteiger partial charge in [0.1, 0.15) is 0 Å². The third-order valence-corrected chi connectivity index (χ3v) is 3.36. The number of H-pyrrole nitrogens is 1. The summed E-state index contributed by atoms with van der Waals surface area (Å²) in [6, 6.07) is 12.7. The molecule has 0 aliphatic carbocycles. The van der Waals surface area contributed by atoms with E-state index in [9.17, 15) is 0 Å². The standard InChI is InChI=1S/C16H15N2/c1-2-15(14-4-3-8-17-11-14)13-6-5-12-7-9-18-16(12)10-13/h3-11,15,18H,1-2H2. The summed E-state index contributed by atoms with van der Waals surface area (Å²) in [4.78, 5) is 7.45. The van der Waals surface area contributed by atoms with E-state index in [1.165, 1.54) is 22.0 Å². The zero-order valence-electron chi connectivity index (χ0n) is 10.1. The molecule has 0 spiro atoms. The Hall–Kier alpha value is -2.09.